The molecule has 0 unspecified atom stereocenters. The van der Waals surface area contributed by atoms with Crippen molar-refractivity contribution < 1.29 is 17.9 Å². The molecule has 4 rings (SSSR count). The second kappa shape index (κ2) is 6.71. The molecule has 1 spiro atoms. The lowest BCUT2D eigenvalue weighted by Crippen LogP contribution is -2.52. The van der Waals surface area contributed by atoms with Crippen molar-refractivity contribution in [1.82, 2.24) is 4.31 Å². The first-order valence-corrected chi connectivity index (χ1v) is 11.0. The van der Waals surface area contributed by atoms with Crippen LogP contribution in [0.5, 0.6) is 5.75 Å². The number of sulfonamides is 1. The van der Waals surface area contributed by atoms with Crippen LogP contribution in [-0.2, 0) is 10.0 Å². The summed E-state index contributed by atoms with van der Waals surface area (Å²) in [4.78, 5) is 13.1. The van der Waals surface area contributed by atoms with E-state index in [9.17, 15) is 13.2 Å². The average molecular weight is 400 g/mol. The van der Waals surface area contributed by atoms with Gasteiger partial charge in [-0.2, -0.15) is 4.31 Å². The van der Waals surface area contributed by atoms with E-state index in [0.29, 0.717) is 48.6 Å². The second-order valence-corrected chi connectivity index (χ2v) is 10.00. The molecule has 1 saturated heterocycles. The minimum absolute atomic E-state index is 0.0860. The van der Waals surface area contributed by atoms with Crippen LogP contribution in [-0.4, -0.2) is 37.2 Å². The molecule has 0 aliphatic carbocycles. The molecular weight excluding hydrogens is 374 g/mol. The van der Waals surface area contributed by atoms with Gasteiger partial charge in [-0.15, -0.1) is 0 Å². The van der Waals surface area contributed by atoms with Crippen LogP contribution in [0.25, 0.3) is 0 Å². The molecular formula is C22H25NO4S. The number of ether oxygens (including phenoxy) is 1. The number of rotatable bonds is 2. The van der Waals surface area contributed by atoms with Crippen LogP contribution in [0.1, 0.15) is 46.3 Å². The van der Waals surface area contributed by atoms with Crippen molar-refractivity contribution in [2.45, 2.75) is 50.5 Å². The Kier molecular flexibility index (Phi) is 4.59. The normalized spacial score (nSPS) is 19.3. The summed E-state index contributed by atoms with van der Waals surface area (Å²) in [6.07, 6.45) is 1.33. The van der Waals surface area contributed by atoms with Crippen molar-refractivity contribution in [3.05, 3.63) is 58.7 Å². The lowest BCUT2D eigenvalue weighted by Gasteiger charge is -2.44. The van der Waals surface area contributed by atoms with Crippen molar-refractivity contribution in [2.24, 2.45) is 0 Å². The summed E-state index contributed by atoms with van der Waals surface area (Å²) in [5.41, 5.74) is 3.07. The van der Waals surface area contributed by atoms with E-state index in [4.69, 9.17) is 4.74 Å². The van der Waals surface area contributed by atoms with E-state index in [2.05, 4.69) is 0 Å². The number of fused-ring (bicyclic) bond motifs is 1. The number of benzene rings is 2. The Morgan fingerprint density at radius 2 is 1.61 bits per heavy atom. The first kappa shape index (κ1) is 19.2. The lowest BCUT2D eigenvalue weighted by molar-refractivity contribution is 0.00534. The molecule has 28 heavy (non-hydrogen) atoms. The van der Waals surface area contributed by atoms with E-state index < -0.39 is 15.6 Å². The van der Waals surface area contributed by atoms with Gasteiger partial charge in [-0.25, -0.2) is 8.42 Å². The molecule has 0 N–H and O–H groups in total. The Bertz CT molecular complexity index is 1030. The van der Waals surface area contributed by atoms with Gasteiger partial charge < -0.3 is 4.74 Å². The molecule has 0 radical (unpaired) electrons. The number of ketones is 1. The van der Waals surface area contributed by atoms with Crippen LogP contribution < -0.4 is 4.74 Å². The minimum atomic E-state index is -3.53. The van der Waals surface area contributed by atoms with Gasteiger partial charge in [-0.3, -0.25) is 4.79 Å². The highest BCUT2D eigenvalue weighted by Crippen LogP contribution is 2.42. The number of hydrogen-bond donors (Lipinski definition) is 0. The highest BCUT2D eigenvalue weighted by atomic mass is 32.2. The number of piperidine rings is 1. The summed E-state index contributed by atoms with van der Waals surface area (Å²) in [6.45, 7) is 6.56. The highest BCUT2D eigenvalue weighted by molar-refractivity contribution is 7.89. The standard InChI is InChI=1S/C22H25NO4S/c1-15-4-6-18(7-5-15)28(25,26)23-10-8-22(9-11-23)14-20(24)19-13-16(2)12-17(3)21(19)27-22/h4-7,12-13H,8-11,14H2,1-3H3. The van der Waals surface area contributed by atoms with Crippen LogP contribution in [0, 0.1) is 20.8 Å². The van der Waals surface area contributed by atoms with Gasteiger partial charge in [-0.05, 0) is 50.1 Å². The van der Waals surface area contributed by atoms with E-state index in [1.54, 1.807) is 12.1 Å². The fraction of sp³-hybridized carbons (Fsp3) is 0.409. The van der Waals surface area contributed by atoms with E-state index in [1.807, 2.05) is 45.0 Å². The highest BCUT2D eigenvalue weighted by Gasteiger charge is 2.45. The lowest BCUT2D eigenvalue weighted by atomic mass is 9.82. The third-order valence-corrected chi connectivity index (χ3v) is 7.73. The zero-order chi connectivity index (χ0) is 20.1. The van der Waals surface area contributed by atoms with Crippen LogP contribution in [0.3, 0.4) is 0 Å². The maximum atomic E-state index is 12.9. The smallest absolute Gasteiger partial charge is 0.243 e. The van der Waals surface area contributed by atoms with E-state index in [0.717, 1.165) is 16.7 Å². The van der Waals surface area contributed by atoms with Crippen molar-refractivity contribution in [3.8, 4) is 5.75 Å². The Labute approximate surface area is 166 Å². The average Bonchev–Trinajstić information content (AvgIpc) is 2.64. The number of aryl methyl sites for hydroxylation is 3. The summed E-state index contributed by atoms with van der Waals surface area (Å²) in [6, 6.07) is 10.8. The summed E-state index contributed by atoms with van der Waals surface area (Å²) in [5, 5.41) is 0. The third-order valence-electron chi connectivity index (χ3n) is 5.81. The maximum absolute atomic E-state index is 12.9. The first-order chi connectivity index (χ1) is 13.2. The molecule has 6 heteroatoms. The van der Waals surface area contributed by atoms with Crippen molar-refractivity contribution in [1.29, 1.82) is 0 Å². The second-order valence-electron chi connectivity index (χ2n) is 8.06. The molecule has 2 heterocycles. The SMILES string of the molecule is Cc1ccc(S(=O)(=O)N2CCC3(CC2)CC(=O)c2cc(C)cc(C)c2O3)cc1. The zero-order valence-corrected chi connectivity index (χ0v) is 17.3. The van der Waals surface area contributed by atoms with Gasteiger partial charge >= 0.3 is 0 Å². The summed E-state index contributed by atoms with van der Waals surface area (Å²) >= 11 is 0. The molecule has 1 fully saturated rings. The Hall–Kier alpha value is -2.18. The number of carbonyl (C=O) groups is 1. The quantitative estimate of drug-likeness (QED) is 0.771. The number of Topliss-reactive ketones (excluding diaryl/α,β-unsaturated/α-hetero) is 1. The summed E-state index contributed by atoms with van der Waals surface area (Å²) in [7, 11) is -3.53. The summed E-state index contributed by atoms with van der Waals surface area (Å²) in [5.74, 6) is 0.750. The molecule has 2 aliphatic rings. The van der Waals surface area contributed by atoms with Gasteiger partial charge in [0.25, 0.3) is 0 Å². The van der Waals surface area contributed by atoms with Crippen LogP contribution in [0.4, 0.5) is 0 Å². The molecule has 0 aromatic heterocycles. The monoisotopic (exact) mass is 399 g/mol. The van der Waals surface area contributed by atoms with E-state index in [1.165, 1.54) is 4.31 Å². The van der Waals surface area contributed by atoms with E-state index >= 15 is 0 Å². The Morgan fingerprint density at radius 3 is 2.25 bits per heavy atom. The number of nitrogens with zero attached hydrogens (tertiary/aromatic N) is 1. The van der Waals surface area contributed by atoms with Gasteiger partial charge in [0, 0.05) is 25.9 Å². The summed E-state index contributed by atoms with van der Waals surface area (Å²) < 4.78 is 33.7. The fourth-order valence-electron chi connectivity index (χ4n) is 4.21. The largest absolute Gasteiger partial charge is 0.486 e. The van der Waals surface area contributed by atoms with Crippen molar-refractivity contribution >= 4 is 15.8 Å². The van der Waals surface area contributed by atoms with Crippen molar-refractivity contribution in [2.75, 3.05) is 13.1 Å². The van der Waals surface area contributed by atoms with Gasteiger partial charge in [0.2, 0.25) is 10.0 Å². The van der Waals surface area contributed by atoms with Crippen molar-refractivity contribution in [3.63, 3.8) is 0 Å². The zero-order valence-electron chi connectivity index (χ0n) is 16.5. The van der Waals surface area contributed by atoms with Gasteiger partial charge in [0.15, 0.2) is 5.78 Å². The molecule has 5 nitrogen and oxygen atoms in total. The minimum Gasteiger partial charge on any atom is -0.486 e. The molecule has 2 aromatic carbocycles. The number of carbonyl (C=O) groups excluding carboxylic acids is 1. The Morgan fingerprint density at radius 1 is 0.964 bits per heavy atom. The molecule has 148 valence electrons. The Balaban J connectivity index is 1.55. The van der Waals surface area contributed by atoms with Crippen LogP contribution in [0.2, 0.25) is 0 Å². The predicted octanol–water partition coefficient (Wildman–Crippen LogP) is 3.80. The molecule has 2 aliphatic heterocycles. The molecule has 2 aromatic rings. The third kappa shape index (κ3) is 3.25. The molecule has 0 bridgehead atoms. The maximum Gasteiger partial charge on any atom is 0.243 e. The van der Waals surface area contributed by atoms with E-state index in [-0.39, 0.29) is 5.78 Å². The van der Waals surface area contributed by atoms with Crippen LogP contribution in [0.15, 0.2) is 41.3 Å². The topological polar surface area (TPSA) is 63.7 Å². The predicted molar refractivity (Wildman–Crippen MR) is 107 cm³/mol. The van der Waals surface area contributed by atoms with Gasteiger partial charge in [-0.1, -0.05) is 23.8 Å². The van der Waals surface area contributed by atoms with Gasteiger partial charge in [0.05, 0.1) is 16.9 Å². The van der Waals surface area contributed by atoms with Crippen LogP contribution >= 0.6 is 0 Å². The molecule has 0 saturated carbocycles. The molecule has 0 amide bonds. The number of hydrogen-bond acceptors (Lipinski definition) is 4. The first-order valence-electron chi connectivity index (χ1n) is 9.61. The fourth-order valence-corrected chi connectivity index (χ4v) is 5.65. The van der Waals surface area contributed by atoms with Gasteiger partial charge in [0.1, 0.15) is 11.4 Å². The molecule has 0 atom stereocenters.